The summed E-state index contributed by atoms with van der Waals surface area (Å²) in [5, 5.41) is 10.5. The highest BCUT2D eigenvalue weighted by Crippen LogP contribution is 2.36. The van der Waals surface area contributed by atoms with Gasteiger partial charge >= 0.3 is 0 Å². The largest absolute Gasteiger partial charge is 0.346 e. The van der Waals surface area contributed by atoms with Gasteiger partial charge in [-0.2, -0.15) is 11.8 Å². The van der Waals surface area contributed by atoms with Gasteiger partial charge in [-0.15, -0.1) is 0 Å². The van der Waals surface area contributed by atoms with E-state index >= 15 is 0 Å². The van der Waals surface area contributed by atoms with Crippen molar-refractivity contribution in [3.8, 4) is 0 Å². The van der Waals surface area contributed by atoms with Crippen molar-refractivity contribution in [1.82, 2.24) is 25.1 Å². The monoisotopic (exact) mass is 501 g/mol. The van der Waals surface area contributed by atoms with Crippen molar-refractivity contribution in [1.29, 1.82) is 0 Å². The number of carbonyl (C=O) groups is 2. The van der Waals surface area contributed by atoms with Gasteiger partial charge in [-0.3, -0.25) is 14.9 Å². The molecule has 2 aromatic heterocycles. The molecule has 5 rings (SSSR count). The number of hydrogen-bond acceptors (Lipinski definition) is 5. The molecule has 8 heteroatoms. The van der Waals surface area contributed by atoms with Crippen LogP contribution in [0.2, 0.25) is 0 Å². The van der Waals surface area contributed by atoms with E-state index in [1.165, 1.54) is 0 Å². The van der Waals surface area contributed by atoms with Gasteiger partial charge in [0.2, 0.25) is 0 Å². The van der Waals surface area contributed by atoms with E-state index in [1.54, 1.807) is 6.08 Å². The van der Waals surface area contributed by atoms with Crippen LogP contribution >= 0.6 is 11.8 Å². The third-order valence-corrected chi connectivity index (χ3v) is 7.50. The number of carbonyl (C=O) groups excluding carboxylic acids is 2. The van der Waals surface area contributed by atoms with Gasteiger partial charge in [0.05, 0.1) is 11.1 Å². The molecule has 2 aliphatic rings. The molecule has 3 N–H and O–H groups in total. The standard InChI is InChI=1S/C28H31N5O2S/c1-2-3-6-21-17-20-18-32(21)13-9-29-11-15-36-16-12-30-10-14-33-19-23(22-7-4-5-8-24(22)33)26-25(20)27(34)31-28(26)35/h2-8,17-19,29-30H,1,9-16H2,(H,31,34,35)/b6-3-. The van der Waals surface area contributed by atoms with Crippen LogP contribution in [0.15, 0.2) is 61.5 Å². The number of benzene rings is 1. The highest BCUT2D eigenvalue weighted by Gasteiger charge is 2.34. The number of imide groups is 1. The van der Waals surface area contributed by atoms with E-state index in [9.17, 15) is 9.59 Å². The van der Waals surface area contributed by atoms with Gasteiger partial charge in [0.15, 0.2) is 0 Å². The summed E-state index contributed by atoms with van der Waals surface area (Å²) >= 11 is 1.94. The number of nitrogens with zero attached hydrogens (tertiary/aromatic N) is 2. The van der Waals surface area contributed by atoms with Crippen LogP contribution in [0, 0.1) is 0 Å². The Bertz CT molecular complexity index is 1360. The summed E-state index contributed by atoms with van der Waals surface area (Å²) in [4.78, 5) is 26.2. The second-order valence-corrected chi connectivity index (χ2v) is 10.1. The van der Waals surface area contributed by atoms with E-state index in [2.05, 4.69) is 37.7 Å². The fraction of sp³-hybridized carbons (Fsp3) is 0.286. The molecule has 0 aliphatic carbocycles. The number of hydrogen-bond donors (Lipinski definition) is 3. The summed E-state index contributed by atoms with van der Waals surface area (Å²) in [6.45, 7) is 8.85. The topological polar surface area (TPSA) is 80.1 Å². The van der Waals surface area contributed by atoms with Crippen molar-refractivity contribution < 1.29 is 9.59 Å². The molecule has 3 aromatic rings. The zero-order chi connectivity index (χ0) is 24.9. The Morgan fingerprint density at radius 2 is 1.61 bits per heavy atom. The third kappa shape index (κ3) is 4.97. The molecule has 0 saturated heterocycles. The van der Waals surface area contributed by atoms with E-state index in [0.717, 1.165) is 78.5 Å². The van der Waals surface area contributed by atoms with Crippen LogP contribution in [0.1, 0.15) is 16.8 Å². The highest BCUT2D eigenvalue weighted by molar-refractivity contribution is 7.99. The number of amides is 2. The Hall–Kier alpha value is -3.33. The lowest BCUT2D eigenvalue weighted by molar-refractivity contribution is -0.122. The van der Waals surface area contributed by atoms with E-state index in [-0.39, 0.29) is 11.8 Å². The Labute approximate surface area is 215 Å². The minimum Gasteiger partial charge on any atom is -0.346 e. The molecule has 1 aromatic carbocycles. The molecule has 2 amide bonds. The Kier molecular flexibility index (Phi) is 7.55. The van der Waals surface area contributed by atoms with Crippen LogP contribution in [0.4, 0.5) is 0 Å². The molecule has 0 radical (unpaired) electrons. The van der Waals surface area contributed by atoms with Gasteiger partial charge in [0, 0.05) is 90.9 Å². The van der Waals surface area contributed by atoms with Crippen LogP contribution in [0.25, 0.3) is 28.1 Å². The lowest BCUT2D eigenvalue weighted by atomic mass is 9.97. The van der Waals surface area contributed by atoms with Crippen molar-refractivity contribution in [2.45, 2.75) is 13.1 Å². The molecule has 186 valence electrons. The summed E-state index contributed by atoms with van der Waals surface area (Å²) in [6, 6.07) is 10.0. The van der Waals surface area contributed by atoms with Crippen LogP contribution < -0.4 is 16.0 Å². The maximum absolute atomic E-state index is 13.1. The molecule has 4 heterocycles. The van der Waals surface area contributed by atoms with Crippen LogP contribution in [0.3, 0.4) is 0 Å². The molecule has 7 nitrogen and oxygen atoms in total. The van der Waals surface area contributed by atoms with Crippen molar-refractivity contribution in [3.63, 3.8) is 0 Å². The first-order chi connectivity index (χ1) is 17.7. The van der Waals surface area contributed by atoms with Crippen molar-refractivity contribution in [2.24, 2.45) is 0 Å². The molecule has 2 aliphatic heterocycles. The summed E-state index contributed by atoms with van der Waals surface area (Å²) in [7, 11) is 0. The molecule has 0 saturated carbocycles. The van der Waals surface area contributed by atoms with Crippen molar-refractivity contribution in [2.75, 3.05) is 37.7 Å². The fourth-order valence-electron chi connectivity index (χ4n) is 4.82. The Balaban J connectivity index is 1.65. The average Bonchev–Trinajstić information content (AvgIpc) is 3.53. The number of para-hydroxylation sites is 1. The summed E-state index contributed by atoms with van der Waals surface area (Å²) in [5.74, 6) is 1.42. The van der Waals surface area contributed by atoms with Crippen LogP contribution in [-0.2, 0) is 22.7 Å². The van der Waals surface area contributed by atoms with Crippen molar-refractivity contribution in [3.05, 3.63) is 78.3 Å². The highest BCUT2D eigenvalue weighted by atomic mass is 32.2. The average molecular weight is 502 g/mol. The van der Waals surface area contributed by atoms with Gasteiger partial charge in [-0.25, -0.2) is 0 Å². The number of thioether (sulfide) groups is 1. The Morgan fingerprint density at radius 1 is 0.889 bits per heavy atom. The second-order valence-electron chi connectivity index (χ2n) is 8.84. The molecule has 0 atom stereocenters. The van der Waals surface area contributed by atoms with Gasteiger partial charge in [-0.1, -0.05) is 36.9 Å². The predicted octanol–water partition coefficient (Wildman–Crippen LogP) is 3.14. The summed E-state index contributed by atoms with van der Waals surface area (Å²) in [5.41, 5.74) is 4.40. The SMILES string of the molecule is C=C/C=C\c1cc2cn1CCNCCSCCNCCn1cc(c3ccccc31)C1=C2C(=O)NC1=O. The molecule has 0 spiro atoms. The molecule has 0 fully saturated rings. The number of allylic oxidation sites excluding steroid dienone is 2. The maximum Gasteiger partial charge on any atom is 0.259 e. The number of fused-ring (bicyclic) bond motifs is 9. The zero-order valence-corrected chi connectivity index (χ0v) is 21.1. The molecular formula is C28H31N5O2S. The first-order valence-corrected chi connectivity index (χ1v) is 13.5. The normalized spacial score (nSPS) is 18.1. The summed E-state index contributed by atoms with van der Waals surface area (Å²) in [6.07, 6.45) is 9.59. The van der Waals surface area contributed by atoms with E-state index < -0.39 is 0 Å². The van der Waals surface area contributed by atoms with Gasteiger partial charge < -0.3 is 19.8 Å². The van der Waals surface area contributed by atoms with E-state index in [4.69, 9.17) is 0 Å². The number of aromatic nitrogens is 2. The first kappa shape index (κ1) is 24.4. The number of rotatable bonds is 2. The molecule has 4 bridgehead atoms. The second kappa shape index (κ2) is 11.2. The fourth-order valence-corrected chi connectivity index (χ4v) is 5.60. The van der Waals surface area contributed by atoms with E-state index in [1.807, 2.05) is 60.6 Å². The summed E-state index contributed by atoms with van der Waals surface area (Å²) < 4.78 is 4.30. The van der Waals surface area contributed by atoms with Crippen LogP contribution in [0.5, 0.6) is 0 Å². The quantitative estimate of drug-likeness (QED) is 0.371. The first-order valence-electron chi connectivity index (χ1n) is 12.3. The van der Waals surface area contributed by atoms with Crippen molar-refractivity contribution >= 4 is 51.7 Å². The number of nitrogens with one attached hydrogen (secondary N) is 3. The van der Waals surface area contributed by atoms with E-state index in [0.29, 0.717) is 11.1 Å². The Morgan fingerprint density at radius 3 is 2.39 bits per heavy atom. The van der Waals surface area contributed by atoms with Gasteiger partial charge in [-0.05, 0) is 18.2 Å². The molecular weight excluding hydrogens is 470 g/mol. The molecule has 0 unspecified atom stereocenters. The van der Waals surface area contributed by atoms with Gasteiger partial charge in [0.1, 0.15) is 0 Å². The minimum atomic E-state index is -0.356. The zero-order valence-electron chi connectivity index (χ0n) is 20.3. The minimum absolute atomic E-state index is 0.350. The third-order valence-electron chi connectivity index (χ3n) is 6.52. The maximum atomic E-state index is 13.1. The smallest absolute Gasteiger partial charge is 0.259 e. The molecule has 36 heavy (non-hydrogen) atoms. The van der Waals surface area contributed by atoms with Crippen LogP contribution in [-0.4, -0.2) is 58.6 Å². The lowest BCUT2D eigenvalue weighted by Gasteiger charge is -2.09. The lowest BCUT2D eigenvalue weighted by Crippen LogP contribution is -2.24. The van der Waals surface area contributed by atoms with Gasteiger partial charge in [0.25, 0.3) is 11.8 Å². The predicted molar refractivity (Wildman–Crippen MR) is 149 cm³/mol.